The van der Waals surface area contributed by atoms with Crippen LogP contribution in [-0.4, -0.2) is 23.4 Å². The minimum absolute atomic E-state index is 0.136. The second-order valence-corrected chi connectivity index (χ2v) is 8.11. The molecule has 0 saturated carbocycles. The molecule has 1 atom stereocenters. The van der Waals surface area contributed by atoms with Gasteiger partial charge in [0.05, 0.1) is 18.2 Å². The molecular weight excluding hydrogens is 378 g/mol. The Morgan fingerprint density at radius 2 is 1.77 bits per heavy atom. The van der Waals surface area contributed by atoms with E-state index in [-0.39, 0.29) is 17.3 Å². The number of amides is 1. The maximum absolute atomic E-state index is 13.1. The molecule has 1 amide bonds. The van der Waals surface area contributed by atoms with Gasteiger partial charge in [-0.15, -0.1) is 0 Å². The van der Waals surface area contributed by atoms with Crippen molar-refractivity contribution in [3.05, 3.63) is 71.0 Å². The third kappa shape index (κ3) is 3.97. The molecule has 30 heavy (non-hydrogen) atoms. The van der Waals surface area contributed by atoms with Gasteiger partial charge in [0.25, 0.3) is 5.91 Å². The first-order chi connectivity index (χ1) is 14.3. The summed E-state index contributed by atoms with van der Waals surface area (Å²) in [6.45, 7) is 10.1. The van der Waals surface area contributed by atoms with Crippen molar-refractivity contribution in [2.75, 3.05) is 11.5 Å². The Hall–Kier alpha value is -3.08. The predicted molar refractivity (Wildman–Crippen MR) is 118 cm³/mol. The number of hydrogen-bond donors (Lipinski definition) is 1. The monoisotopic (exact) mass is 407 g/mol. The maximum atomic E-state index is 13.1. The molecule has 0 aromatic heterocycles. The van der Waals surface area contributed by atoms with Crippen molar-refractivity contribution < 1.29 is 19.4 Å². The number of ether oxygens (including phenoxy) is 1. The summed E-state index contributed by atoms with van der Waals surface area (Å²) in [4.78, 5) is 27.6. The molecule has 0 bridgehead atoms. The minimum atomic E-state index is -0.710. The van der Waals surface area contributed by atoms with E-state index in [2.05, 4.69) is 13.8 Å². The molecule has 2 aromatic carbocycles. The molecule has 0 saturated heterocycles. The number of benzene rings is 2. The number of anilines is 1. The number of carbonyl (C=O) groups is 2. The zero-order valence-electron chi connectivity index (χ0n) is 18.2. The first-order valence-electron chi connectivity index (χ1n) is 10.4. The van der Waals surface area contributed by atoms with Gasteiger partial charge in [-0.2, -0.15) is 0 Å². The van der Waals surface area contributed by atoms with Crippen LogP contribution in [0.25, 0.3) is 0 Å². The van der Waals surface area contributed by atoms with Crippen molar-refractivity contribution in [2.24, 2.45) is 5.92 Å². The fraction of sp³-hybridized carbons (Fsp3) is 0.360. The molecule has 2 aromatic rings. The fourth-order valence-electron chi connectivity index (χ4n) is 3.71. The molecular formula is C25H29NO4. The molecule has 0 fully saturated rings. The normalized spacial score (nSPS) is 16.7. The first kappa shape index (κ1) is 21.6. The SMILES string of the molecule is CCOc1cccc(C2C(C(=O)C(C)C)=C(O)C(=O)N2c2ccc(C(C)C)cc2)c1. The Labute approximate surface area is 178 Å². The van der Waals surface area contributed by atoms with E-state index >= 15 is 0 Å². The lowest BCUT2D eigenvalue weighted by Crippen LogP contribution is -2.31. The Morgan fingerprint density at radius 3 is 2.33 bits per heavy atom. The maximum Gasteiger partial charge on any atom is 0.294 e. The Balaban J connectivity index is 2.14. The highest BCUT2D eigenvalue weighted by Crippen LogP contribution is 2.42. The summed E-state index contributed by atoms with van der Waals surface area (Å²) in [5.74, 6) is -0.627. The van der Waals surface area contributed by atoms with Crippen LogP contribution >= 0.6 is 0 Å². The van der Waals surface area contributed by atoms with Crippen LogP contribution < -0.4 is 9.64 Å². The second kappa shape index (κ2) is 8.74. The predicted octanol–water partition coefficient (Wildman–Crippen LogP) is 5.33. The highest BCUT2D eigenvalue weighted by Gasteiger charge is 2.44. The van der Waals surface area contributed by atoms with Crippen LogP contribution in [-0.2, 0) is 9.59 Å². The third-order valence-electron chi connectivity index (χ3n) is 5.32. The summed E-state index contributed by atoms with van der Waals surface area (Å²) in [5, 5.41) is 10.7. The lowest BCUT2D eigenvalue weighted by Gasteiger charge is -2.28. The van der Waals surface area contributed by atoms with Gasteiger partial charge in [0.2, 0.25) is 0 Å². The zero-order chi connectivity index (χ0) is 22.0. The van der Waals surface area contributed by atoms with Crippen molar-refractivity contribution in [1.29, 1.82) is 0 Å². The lowest BCUT2D eigenvalue weighted by molar-refractivity contribution is -0.119. The van der Waals surface area contributed by atoms with Crippen LogP contribution in [0.2, 0.25) is 0 Å². The topological polar surface area (TPSA) is 66.8 Å². The van der Waals surface area contributed by atoms with Crippen molar-refractivity contribution in [3.63, 3.8) is 0 Å². The number of rotatable bonds is 7. The summed E-state index contributed by atoms with van der Waals surface area (Å²) in [7, 11) is 0. The zero-order valence-corrected chi connectivity index (χ0v) is 18.2. The average Bonchev–Trinajstić information content (AvgIpc) is 2.99. The molecule has 0 radical (unpaired) electrons. The fourth-order valence-corrected chi connectivity index (χ4v) is 3.71. The van der Waals surface area contributed by atoms with E-state index in [0.29, 0.717) is 24.0 Å². The molecule has 0 spiro atoms. The van der Waals surface area contributed by atoms with E-state index in [0.717, 1.165) is 11.1 Å². The van der Waals surface area contributed by atoms with E-state index < -0.39 is 17.7 Å². The quantitative estimate of drug-likeness (QED) is 0.673. The number of nitrogens with zero attached hydrogens (tertiary/aromatic N) is 1. The number of carbonyl (C=O) groups excluding carboxylic acids is 2. The summed E-state index contributed by atoms with van der Waals surface area (Å²) in [5.41, 5.74) is 2.64. The van der Waals surface area contributed by atoms with E-state index in [1.54, 1.807) is 13.8 Å². The van der Waals surface area contributed by atoms with Gasteiger partial charge in [-0.1, -0.05) is 52.0 Å². The Bertz CT molecular complexity index is 973. The lowest BCUT2D eigenvalue weighted by atomic mass is 9.91. The molecule has 3 rings (SSSR count). The smallest absolute Gasteiger partial charge is 0.294 e. The standard InChI is InChI=1S/C25H29NO4/c1-6-30-20-9-7-8-18(14-20)22-21(23(27)16(4)5)24(28)25(29)26(22)19-12-10-17(11-13-19)15(2)3/h7-16,22,28H,6H2,1-5H3. The minimum Gasteiger partial charge on any atom is -0.503 e. The van der Waals surface area contributed by atoms with Crippen molar-refractivity contribution in [1.82, 2.24) is 0 Å². The largest absolute Gasteiger partial charge is 0.503 e. The van der Waals surface area contributed by atoms with E-state index in [1.165, 1.54) is 4.90 Å². The van der Waals surface area contributed by atoms with Crippen molar-refractivity contribution in [3.8, 4) is 5.75 Å². The summed E-state index contributed by atoms with van der Waals surface area (Å²) in [6, 6.07) is 14.3. The Kier molecular flexibility index (Phi) is 6.30. The van der Waals surface area contributed by atoms with Crippen molar-refractivity contribution in [2.45, 2.75) is 46.6 Å². The van der Waals surface area contributed by atoms with Gasteiger partial charge in [-0.3, -0.25) is 14.5 Å². The molecule has 1 N–H and O–H groups in total. The molecule has 1 aliphatic rings. The molecule has 1 heterocycles. The highest BCUT2D eigenvalue weighted by molar-refractivity contribution is 6.16. The number of Topliss-reactive ketones (excluding diaryl/α,β-unsaturated/α-hetero) is 1. The van der Waals surface area contributed by atoms with Gasteiger partial charge in [-0.25, -0.2) is 0 Å². The number of hydrogen-bond acceptors (Lipinski definition) is 4. The van der Waals surface area contributed by atoms with E-state index in [4.69, 9.17) is 4.74 Å². The molecule has 1 unspecified atom stereocenters. The van der Waals surface area contributed by atoms with Gasteiger partial charge in [0.1, 0.15) is 5.75 Å². The number of aliphatic hydroxyl groups is 1. The van der Waals surface area contributed by atoms with E-state index in [9.17, 15) is 14.7 Å². The number of aliphatic hydroxyl groups excluding tert-OH is 1. The van der Waals surface area contributed by atoms with Crippen LogP contribution in [0.5, 0.6) is 5.75 Å². The van der Waals surface area contributed by atoms with E-state index in [1.807, 2.05) is 55.5 Å². The molecule has 5 heteroatoms. The first-order valence-corrected chi connectivity index (χ1v) is 10.4. The van der Waals surface area contributed by atoms with Gasteiger partial charge < -0.3 is 9.84 Å². The average molecular weight is 408 g/mol. The third-order valence-corrected chi connectivity index (χ3v) is 5.32. The van der Waals surface area contributed by atoms with Gasteiger partial charge in [0.15, 0.2) is 11.5 Å². The van der Waals surface area contributed by atoms with Crippen LogP contribution in [0.15, 0.2) is 59.9 Å². The van der Waals surface area contributed by atoms with Crippen LogP contribution in [0.1, 0.15) is 57.7 Å². The Morgan fingerprint density at radius 1 is 1.10 bits per heavy atom. The molecule has 158 valence electrons. The molecule has 0 aliphatic carbocycles. The summed E-state index contributed by atoms with van der Waals surface area (Å²) >= 11 is 0. The van der Waals surface area contributed by atoms with Crippen molar-refractivity contribution >= 4 is 17.4 Å². The molecule has 1 aliphatic heterocycles. The second-order valence-electron chi connectivity index (χ2n) is 8.11. The molecule has 5 nitrogen and oxygen atoms in total. The van der Waals surface area contributed by atoms with Crippen LogP contribution in [0.3, 0.4) is 0 Å². The summed E-state index contributed by atoms with van der Waals surface area (Å²) in [6.07, 6.45) is 0. The highest BCUT2D eigenvalue weighted by atomic mass is 16.5. The van der Waals surface area contributed by atoms with Crippen LogP contribution in [0, 0.1) is 5.92 Å². The van der Waals surface area contributed by atoms with Gasteiger partial charge in [0, 0.05) is 11.6 Å². The summed E-state index contributed by atoms with van der Waals surface area (Å²) < 4.78 is 5.62. The van der Waals surface area contributed by atoms with Gasteiger partial charge in [-0.05, 0) is 48.2 Å². The van der Waals surface area contributed by atoms with Gasteiger partial charge >= 0.3 is 0 Å². The van der Waals surface area contributed by atoms with Crippen LogP contribution in [0.4, 0.5) is 5.69 Å². The number of ketones is 1.